The Labute approximate surface area is 262 Å². The zero-order valence-corrected chi connectivity index (χ0v) is 27.2. The highest BCUT2D eigenvalue weighted by atomic mass is 16.5. The normalized spacial score (nSPS) is 38.2. The minimum absolute atomic E-state index is 0.0127. The highest BCUT2D eigenvalue weighted by Gasteiger charge is 2.66. The topological polar surface area (TPSA) is 183 Å². The van der Waals surface area contributed by atoms with Gasteiger partial charge in [-0.3, -0.25) is 0 Å². The van der Waals surface area contributed by atoms with Crippen LogP contribution in [0, 0.1) is 46.3 Å². The third-order valence-electron chi connectivity index (χ3n) is 12.2. The van der Waals surface area contributed by atoms with Crippen molar-refractivity contribution in [3.05, 3.63) is 31.3 Å². The molecule has 0 unspecified atom stereocenters. The third kappa shape index (κ3) is 7.42. The van der Waals surface area contributed by atoms with E-state index >= 15 is 0 Å². The van der Waals surface area contributed by atoms with Gasteiger partial charge in [0.1, 0.15) is 0 Å². The van der Waals surface area contributed by atoms with Crippen LogP contribution in [-0.2, 0) is 18.9 Å². The van der Waals surface area contributed by atoms with Crippen LogP contribution in [0.15, 0.2) is 15.3 Å². The predicted molar refractivity (Wildman–Crippen MR) is 168 cm³/mol. The van der Waals surface area contributed by atoms with Gasteiger partial charge in [0.25, 0.3) is 0 Å². The van der Waals surface area contributed by atoms with E-state index in [1.165, 1.54) is 6.42 Å². The van der Waals surface area contributed by atoms with Gasteiger partial charge in [-0.2, -0.15) is 0 Å². The lowest BCUT2D eigenvalue weighted by Crippen LogP contribution is -2.63. The van der Waals surface area contributed by atoms with E-state index in [9.17, 15) is 0 Å². The average Bonchev–Trinajstić information content (AvgIpc) is 3.38. The van der Waals surface area contributed by atoms with Crippen molar-refractivity contribution in [3.63, 3.8) is 0 Å². The third-order valence-corrected chi connectivity index (χ3v) is 12.2. The van der Waals surface area contributed by atoms with Crippen molar-refractivity contribution in [2.45, 2.75) is 96.9 Å². The maximum absolute atomic E-state index is 8.90. The lowest BCUT2D eigenvalue weighted by molar-refractivity contribution is -0.226. The van der Waals surface area contributed by atoms with E-state index in [0.29, 0.717) is 75.0 Å². The molecule has 0 aromatic carbocycles. The summed E-state index contributed by atoms with van der Waals surface area (Å²) in [6.45, 7) is 10.5. The van der Waals surface area contributed by atoms with E-state index in [4.69, 9.17) is 35.5 Å². The van der Waals surface area contributed by atoms with Gasteiger partial charge in [-0.05, 0) is 115 Å². The first kappa shape index (κ1) is 34.6. The van der Waals surface area contributed by atoms with Gasteiger partial charge in [0.05, 0.1) is 38.1 Å². The second kappa shape index (κ2) is 16.4. The van der Waals surface area contributed by atoms with Gasteiger partial charge in [0.2, 0.25) is 0 Å². The second-order valence-electron chi connectivity index (χ2n) is 14.0. The molecule has 0 N–H and O–H groups in total. The first-order valence-electron chi connectivity index (χ1n) is 16.7. The van der Waals surface area contributed by atoms with Gasteiger partial charge < -0.3 is 18.9 Å². The molecule has 44 heavy (non-hydrogen) atoms. The zero-order valence-electron chi connectivity index (χ0n) is 27.2. The summed E-state index contributed by atoms with van der Waals surface area (Å²) < 4.78 is 25.1. The van der Waals surface area contributed by atoms with Gasteiger partial charge in [-0.15, -0.1) is 0 Å². The van der Waals surface area contributed by atoms with Crippen LogP contribution in [0.25, 0.3) is 31.3 Å². The zero-order chi connectivity index (χ0) is 31.6. The molecule has 0 aliphatic heterocycles. The number of nitrogens with zero attached hydrogens (tertiary/aromatic N) is 9. The molecule has 11 atom stereocenters. The summed E-state index contributed by atoms with van der Waals surface area (Å²) in [7, 11) is 1.77. The molecule has 4 saturated carbocycles. The van der Waals surface area contributed by atoms with Gasteiger partial charge in [-0.25, -0.2) is 0 Å². The van der Waals surface area contributed by atoms with Gasteiger partial charge in [0.15, 0.2) is 0 Å². The van der Waals surface area contributed by atoms with Crippen molar-refractivity contribution in [2.24, 2.45) is 61.7 Å². The Balaban J connectivity index is 1.64. The maximum atomic E-state index is 8.90. The number of fused-ring (bicyclic) bond motifs is 5. The van der Waals surface area contributed by atoms with Crippen molar-refractivity contribution >= 4 is 0 Å². The SMILES string of the molecule is COCCC[C@@H](C)[C@H]1CC[C@H]2[C@@H]3[C@H](OCCN=[N+]=[N-])C[C@@H]4C[C@H](OCCN=[N+]=[N-])CC[C@]4(C)[C@H]3C[C@H](OCCN=[N+]=[N-])[C@]12C. The largest absolute Gasteiger partial charge is 0.385 e. The van der Waals surface area contributed by atoms with Crippen LogP contribution in [0.4, 0.5) is 0 Å². The molecule has 0 aromatic rings. The first-order chi connectivity index (χ1) is 21.3. The summed E-state index contributed by atoms with van der Waals surface area (Å²) in [6, 6.07) is 0. The van der Waals surface area contributed by atoms with Crippen molar-refractivity contribution in [2.75, 3.05) is 53.2 Å². The van der Waals surface area contributed by atoms with Crippen molar-refractivity contribution in [3.8, 4) is 0 Å². The lowest BCUT2D eigenvalue weighted by atomic mass is 9.43. The fourth-order valence-corrected chi connectivity index (χ4v) is 10.3. The average molecular weight is 616 g/mol. The minimum atomic E-state index is -0.0127. The van der Waals surface area contributed by atoms with E-state index in [-0.39, 0.29) is 29.1 Å². The summed E-state index contributed by atoms with van der Waals surface area (Å²) in [5.41, 5.74) is 26.5. The Kier molecular flexibility index (Phi) is 12.9. The molecular formula is C31H53N9O4. The van der Waals surface area contributed by atoms with Crippen LogP contribution < -0.4 is 0 Å². The molecule has 4 aliphatic carbocycles. The molecule has 0 bridgehead atoms. The molecule has 13 heteroatoms. The van der Waals surface area contributed by atoms with Crippen LogP contribution in [0.5, 0.6) is 0 Å². The first-order valence-corrected chi connectivity index (χ1v) is 16.7. The molecule has 0 heterocycles. The van der Waals surface area contributed by atoms with Crippen LogP contribution in [0.2, 0.25) is 0 Å². The Morgan fingerprint density at radius 2 is 1.45 bits per heavy atom. The van der Waals surface area contributed by atoms with Crippen molar-refractivity contribution < 1.29 is 18.9 Å². The highest BCUT2D eigenvalue weighted by Crippen LogP contribution is 2.69. The molecule has 4 aliphatic rings. The highest BCUT2D eigenvalue weighted by molar-refractivity contribution is 5.15. The van der Waals surface area contributed by atoms with Crippen LogP contribution in [0.3, 0.4) is 0 Å². The monoisotopic (exact) mass is 615 g/mol. The van der Waals surface area contributed by atoms with Crippen molar-refractivity contribution in [1.82, 2.24) is 0 Å². The Hall–Kier alpha value is -2.23. The molecule has 0 aromatic heterocycles. The fourth-order valence-electron chi connectivity index (χ4n) is 10.3. The van der Waals surface area contributed by atoms with E-state index < -0.39 is 0 Å². The molecule has 0 saturated heterocycles. The summed E-state index contributed by atoms with van der Waals surface area (Å²) >= 11 is 0. The summed E-state index contributed by atoms with van der Waals surface area (Å²) in [5.74, 6) is 2.81. The van der Waals surface area contributed by atoms with Gasteiger partial charge >= 0.3 is 0 Å². The number of ether oxygens (including phenoxy) is 4. The van der Waals surface area contributed by atoms with Crippen LogP contribution >= 0.6 is 0 Å². The Bertz CT molecular complexity index is 1080. The predicted octanol–water partition coefficient (Wildman–Crippen LogP) is 8.01. The second-order valence-corrected chi connectivity index (χ2v) is 14.0. The minimum Gasteiger partial charge on any atom is -0.385 e. The smallest absolute Gasteiger partial charge is 0.0637 e. The number of methoxy groups -OCH3 is 1. The lowest BCUT2D eigenvalue weighted by Gasteiger charge is -2.64. The van der Waals surface area contributed by atoms with E-state index in [2.05, 4.69) is 50.8 Å². The number of azide groups is 3. The molecule has 4 fully saturated rings. The summed E-state index contributed by atoms with van der Waals surface area (Å²) in [5, 5.41) is 11.2. The molecule has 0 amide bonds. The van der Waals surface area contributed by atoms with Crippen LogP contribution in [0.1, 0.15) is 78.6 Å². The van der Waals surface area contributed by atoms with E-state index in [1.807, 2.05) is 0 Å². The number of hydrogen-bond donors (Lipinski definition) is 0. The summed E-state index contributed by atoms with van der Waals surface area (Å²) in [6.07, 6.45) is 9.85. The number of rotatable bonds is 17. The summed E-state index contributed by atoms with van der Waals surface area (Å²) in [4.78, 5) is 8.76. The molecular weight excluding hydrogens is 562 g/mol. The Morgan fingerprint density at radius 1 is 0.795 bits per heavy atom. The molecule has 4 rings (SSSR count). The standard InChI is InChI=1S/C31H53N9O4/c1-21(6-5-14-41-4)24-7-8-25-29-26(20-28(31(24,25)3)44-17-13-37-40-34)30(2)10-9-23(42-15-11-35-38-32)18-22(30)19-27(29)43-16-12-36-39-33/h21-29H,5-20H2,1-4H3/t21-,22+,23-,24-,25+,26+,27-,28+,29+,30+,31-/m1/s1. The van der Waals surface area contributed by atoms with Gasteiger partial charge in [0, 0.05) is 53.5 Å². The molecule has 0 spiro atoms. The quantitative estimate of drug-likeness (QED) is 0.0695. The van der Waals surface area contributed by atoms with Crippen LogP contribution in [-0.4, -0.2) is 71.5 Å². The maximum Gasteiger partial charge on any atom is 0.0637 e. The van der Waals surface area contributed by atoms with Crippen molar-refractivity contribution in [1.29, 1.82) is 0 Å². The van der Waals surface area contributed by atoms with E-state index in [0.717, 1.165) is 58.0 Å². The fraction of sp³-hybridized carbons (Fsp3) is 1.00. The molecule has 13 nitrogen and oxygen atoms in total. The Morgan fingerprint density at radius 3 is 2.11 bits per heavy atom. The number of hydrogen-bond acceptors (Lipinski definition) is 7. The van der Waals surface area contributed by atoms with Gasteiger partial charge in [-0.1, -0.05) is 36.1 Å². The molecule has 246 valence electrons. The molecule has 0 radical (unpaired) electrons. The van der Waals surface area contributed by atoms with E-state index in [1.54, 1.807) is 7.11 Å².